The molecule has 0 spiro atoms. The first kappa shape index (κ1) is 11.9. The van der Waals surface area contributed by atoms with E-state index in [1.807, 2.05) is 0 Å². The second-order valence-electron chi connectivity index (χ2n) is 2.36. The van der Waals surface area contributed by atoms with Crippen LogP contribution in [-0.2, 0) is 9.47 Å². The lowest BCUT2D eigenvalue weighted by molar-refractivity contribution is -0.464. The third-order valence-electron chi connectivity index (χ3n) is 1.34. The average molecular weight is 244 g/mol. The zero-order valence-electron chi connectivity index (χ0n) is 6.34. The molecule has 0 aromatic heterocycles. The van der Waals surface area contributed by atoms with Gasteiger partial charge in [0, 0.05) is 0 Å². The topological polar surface area (TPSA) is 18.5 Å². The van der Waals surface area contributed by atoms with Gasteiger partial charge in [-0.25, -0.2) is 0 Å². The zero-order chi connectivity index (χ0) is 12.1. The minimum Gasteiger partial charge on any atom is -0.413 e. The maximum atomic E-state index is 12.6. The zero-order valence-corrected chi connectivity index (χ0v) is 6.34. The second-order valence-corrected chi connectivity index (χ2v) is 2.36. The summed E-state index contributed by atoms with van der Waals surface area (Å²) in [6, 6.07) is -5.61. The molecular weight excluding hydrogens is 244 g/mol. The van der Waals surface area contributed by atoms with E-state index in [2.05, 4.69) is 9.47 Å². The van der Waals surface area contributed by atoms with Crippen molar-refractivity contribution in [1.29, 1.82) is 0 Å². The summed E-state index contributed by atoms with van der Waals surface area (Å²) in [6.45, 7) is 0. The Hall–Kier alpha value is -1.22. The molecule has 0 fully saturated rings. The largest absolute Gasteiger partial charge is 0.483 e. The Balaban J connectivity index is 3.22. The fraction of sp³-hybridized carbons (Fsp3) is 0.600. The van der Waals surface area contributed by atoms with Crippen LogP contribution >= 0.6 is 0 Å². The molecule has 0 bridgehead atoms. The molecule has 0 radical (unpaired) electrons. The molecule has 0 amide bonds. The molecule has 0 aromatic rings. The normalized spacial score (nSPS) is 30.9. The smallest absolute Gasteiger partial charge is 0.413 e. The molecular formula is C5F8O2. The van der Waals surface area contributed by atoms with E-state index in [9.17, 15) is 35.1 Å². The van der Waals surface area contributed by atoms with Crippen LogP contribution in [0.25, 0.3) is 0 Å². The first-order valence-electron chi connectivity index (χ1n) is 3.08. The lowest BCUT2D eigenvalue weighted by Crippen LogP contribution is -2.59. The number of alkyl halides is 6. The summed E-state index contributed by atoms with van der Waals surface area (Å²) < 4.78 is 101. The SMILES string of the molecule is FC1=C(F)OC(F)(C(F)(F)F)C(F)(F)O1. The van der Waals surface area contributed by atoms with Gasteiger partial charge in [-0.1, -0.05) is 0 Å². The van der Waals surface area contributed by atoms with Gasteiger partial charge < -0.3 is 9.47 Å². The van der Waals surface area contributed by atoms with Gasteiger partial charge in [0.25, 0.3) is 0 Å². The predicted molar refractivity (Wildman–Crippen MR) is 26.3 cm³/mol. The summed E-state index contributed by atoms with van der Waals surface area (Å²) in [6.07, 6.45) is -12.0. The number of hydrogen-bond donors (Lipinski definition) is 0. The van der Waals surface area contributed by atoms with Crippen LogP contribution in [0.3, 0.4) is 0 Å². The molecule has 2 nitrogen and oxygen atoms in total. The molecule has 1 aliphatic rings. The van der Waals surface area contributed by atoms with E-state index in [1.54, 1.807) is 0 Å². The molecule has 0 saturated heterocycles. The Kier molecular flexibility index (Phi) is 2.28. The van der Waals surface area contributed by atoms with Gasteiger partial charge in [-0.2, -0.15) is 35.1 Å². The number of hydrogen-bond acceptors (Lipinski definition) is 2. The quantitative estimate of drug-likeness (QED) is 0.610. The molecule has 1 heterocycles. The fourth-order valence-corrected chi connectivity index (χ4v) is 0.664. The number of rotatable bonds is 0. The van der Waals surface area contributed by atoms with E-state index in [0.29, 0.717) is 0 Å². The highest BCUT2D eigenvalue weighted by atomic mass is 19.4. The second kappa shape index (κ2) is 2.89. The number of halogens is 8. The highest BCUT2D eigenvalue weighted by Gasteiger charge is 2.79. The van der Waals surface area contributed by atoms with E-state index in [-0.39, 0.29) is 0 Å². The highest BCUT2D eigenvalue weighted by Crippen LogP contribution is 2.51. The molecule has 0 saturated carbocycles. The Bertz CT molecular complexity index is 307. The molecule has 0 aliphatic carbocycles. The van der Waals surface area contributed by atoms with Gasteiger partial charge in [0.2, 0.25) is 0 Å². The van der Waals surface area contributed by atoms with Crippen LogP contribution in [0, 0.1) is 0 Å². The van der Waals surface area contributed by atoms with Crippen molar-refractivity contribution in [1.82, 2.24) is 0 Å². The van der Waals surface area contributed by atoms with Crippen LogP contribution < -0.4 is 0 Å². The Morgan fingerprint density at radius 2 is 1.27 bits per heavy atom. The Morgan fingerprint density at radius 1 is 0.867 bits per heavy atom. The maximum Gasteiger partial charge on any atom is 0.483 e. The standard InChI is InChI=1S/C5F8O2/c6-1-2(7)15-5(12,13)3(8,14-1)4(9,10)11. The van der Waals surface area contributed by atoms with Crippen molar-refractivity contribution in [2.75, 3.05) is 0 Å². The average Bonchev–Trinajstić information content (AvgIpc) is 1.98. The van der Waals surface area contributed by atoms with Crippen LogP contribution in [0.15, 0.2) is 12.0 Å². The maximum absolute atomic E-state index is 12.6. The van der Waals surface area contributed by atoms with Crippen LogP contribution in [0.1, 0.15) is 0 Å². The van der Waals surface area contributed by atoms with Crippen LogP contribution in [0.2, 0.25) is 0 Å². The van der Waals surface area contributed by atoms with Crippen molar-refractivity contribution in [3.63, 3.8) is 0 Å². The van der Waals surface area contributed by atoms with Crippen molar-refractivity contribution >= 4 is 0 Å². The molecule has 0 N–H and O–H groups in total. The first-order valence-corrected chi connectivity index (χ1v) is 3.08. The molecule has 15 heavy (non-hydrogen) atoms. The summed E-state index contributed by atoms with van der Waals surface area (Å²) in [4.78, 5) is 0. The van der Waals surface area contributed by atoms with E-state index in [0.717, 1.165) is 0 Å². The molecule has 0 aromatic carbocycles. The molecule has 10 heteroatoms. The first-order chi connectivity index (χ1) is 6.51. The van der Waals surface area contributed by atoms with Gasteiger partial charge in [-0.15, -0.1) is 0 Å². The lowest BCUT2D eigenvalue weighted by atomic mass is 10.2. The van der Waals surface area contributed by atoms with Crippen molar-refractivity contribution in [3.05, 3.63) is 12.0 Å². The summed E-state index contributed by atoms with van der Waals surface area (Å²) in [7, 11) is 0. The van der Waals surface area contributed by atoms with E-state index >= 15 is 0 Å². The van der Waals surface area contributed by atoms with Gasteiger partial charge in [-0.05, 0) is 0 Å². The van der Waals surface area contributed by atoms with Crippen LogP contribution in [0.5, 0.6) is 0 Å². The monoisotopic (exact) mass is 244 g/mol. The minimum absolute atomic E-state index is 2.51. The predicted octanol–water partition coefficient (Wildman–Crippen LogP) is 2.92. The van der Waals surface area contributed by atoms with Gasteiger partial charge in [-0.3, -0.25) is 0 Å². The summed E-state index contributed by atoms with van der Waals surface area (Å²) >= 11 is 0. The van der Waals surface area contributed by atoms with E-state index in [1.165, 1.54) is 0 Å². The molecule has 88 valence electrons. The highest BCUT2D eigenvalue weighted by molar-refractivity contribution is 5.00. The minimum atomic E-state index is -6.30. The molecule has 1 aliphatic heterocycles. The van der Waals surface area contributed by atoms with Crippen molar-refractivity contribution < 1.29 is 44.6 Å². The Labute approximate surface area is 76.1 Å². The third-order valence-corrected chi connectivity index (χ3v) is 1.34. The van der Waals surface area contributed by atoms with Gasteiger partial charge >= 0.3 is 30.2 Å². The van der Waals surface area contributed by atoms with Crippen molar-refractivity contribution in [2.45, 2.75) is 18.1 Å². The summed E-state index contributed by atoms with van der Waals surface area (Å²) in [5, 5.41) is 0. The lowest BCUT2D eigenvalue weighted by Gasteiger charge is -2.35. The third kappa shape index (κ3) is 1.57. The van der Waals surface area contributed by atoms with Gasteiger partial charge in [0.15, 0.2) is 0 Å². The molecule has 1 unspecified atom stereocenters. The number of ether oxygens (including phenoxy) is 2. The fourth-order valence-electron chi connectivity index (χ4n) is 0.664. The van der Waals surface area contributed by atoms with E-state index in [4.69, 9.17) is 0 Å². The van der Waals surface area contributed by atoms with Crippen LogP contribution in [-0.4, -0.2) is 18.1 Å². The van der Waals surface area contributed by atoms with Gasteiger partial charge in [0.1, 0.15) is 0 Å². The van der Waals surface area contributed by atoms with Gasteiger partial charge in [0.05, 0.1) is 0 Å². The van der Waals surface area contributed by atoms with Crippen LogP contribution in [0.4, 0.5) is 35.1 Å². The van der Waals surface area contributed by atoms with Crippen molar-refractivity contribution in [2.24, 2.45) is 0 Å². The van der Waals surface area contributed by atoms with E-state index < -0.39 is 30.2 Å². The summed E-state index contributed by atoms with van der Waals surface area (Å²) in [5.41, 5.74) is 0. The van der Waals surface area contributed by atoms with Crippen molar-refractivity contribution in [3.8, 4) is 0 Å². The molecule has 1 rings (SSSR count). The summed E-state index contributed by atoms with van der Waals surface area (Å²) in [5.74, 6) is -5.76. The molecule has 1 atom stereocenters. The Morgan fingerprint density at radius 3 is 1.67 bits per heavy atom.